The van der Waals surface area contributed by atoms with Crippen molar-refractivity contribution >= 4 is 6.03 Å². The summed E-state index contributed by atoms with van der Waals surface area (Å²) in [5, 5.41) is 5.54. The first kappa shape index (κ1) is 14.4. The van der Waals surface area contributed by atoms with Gasteiger partial charge in [-0.25, -0.2) is 4.79 Å². The van der Waals surface area contributed by atoms with E-state index in [-0.39, 0.29) is 6.03 Å². The van der Waals surface area contributed by atoms with Crippen LogP contribution in [-0.2, 0) is 6.54 Å². The summed E-state index contributed by atoms with van der Waals surface area (Å²) < 4.78 is 0. The Balaban J connectivity index is 1.57. The third-order valence-corrected chi connectivity index (χ3v) is 3.26. The Bertz CT molecular complexity index is 469. The van der Waals surface area contributed by atoms with E-state index in [4.69, 9.17) is 0 Å². The highest BCUT2D eigenvalue weighted by molar-refractivity contribution is 5.74. The van der Waals surface area contributed by atoms with Gasteiger partial charge in [-0.1, -0.05) is 42.2 Å². The van der Waals surface area contributed by atoms with Crippen LogP contribution in [0.5, 0.6) is 0 Å². The maximum Gasteiger partial charge on any atom is 0.315 e. The molecule has 0 aliphatic carbocycles. The van der Waals surface area contributed by atoms with Crippen molar-refractivity contribution in [1.29, 1.82) is 0 Å². The van der Waals surface area contributed by atoms with Crippen LogP contribution in [0.4, 0.5) is 4.79 Å². The minimum absolute atomic E-state index is 0.177. The first-order chi connectivity index (χ1) is 9.84. The minimum atomic E-state index is -0.177. The van der Waals surface area contributed by atoms with E-state index >= 15 is 0 Å². The van der Waals surface area contributed by atoms with Crippen molar-refractivity contribution in [3.05, 3.63) is 35.9 Å². The van der Waals surface area contributed by atoms with Gasteiger partial charge in [0.15, 0.2) is 0 Å². The normalized spacial score (nSPS) is 14.4. The molecule has 1 fully saturated rings. The van der Waals surface area contributed by atoms with Crippen LogP contribution in [0.15, 0.2) is 30.3 Å². The van der Waals surface area contributed by atoms with E-state index in [2.05, 4.69) is 27.4 Å². The number of likely N-dealkylation sites (tertiary alicyclic amines) is 1. The van der Waals surface area contributed by atoms with E-state index in [0.717, 1.165) is 25.2 Å². The van der Waals surface area contributed by atoms with E-state index in [1.165, 1.54) is 12.8 Å². The number of nitrogens with zero attached hydrogens (tertiary/aromatic N) is 1. The summed E-state index contributed by atoms with van der Waals surface area (Å²) in [5.74, 6) is 6.07. The number of amides is 2. The lowest BCUT2D eigenvalue weighted by atomic mass is 10.2. The van der Waals surface area contributed by atoms with Crippen molar-refractivity contribution in [2.24, 2.45) is 0 Å². The predicted molar refractivity (Wildman–Crippen MR) is 80.1 cm³/mol. The fourth-order valence-electron chi connectivity index (χ4n) is 2.14. The van der Waals surface area contributed by atoms with Gasteiger partial charge in [-0.15, -0.1) is 0 Å². The average molecular weight is 271 g/mol. The van der Waals surface area contributed by atoms with Gasteiger partial charge in [-0.2, -0.15) is 0 Å². The van der Waals surface area contributed by atoms with Crippen molar-refractivity contribution in [2.75, 3.05) is 26.2 Å². The van der Waals surface area contributed by atoms with Crippen LogP contribution in [0.3, 0.4) is 0 Å². The Labute approximate surface area is 120 Å². The number of benzene rings is 1. The molecule has 2 rings (SSSR count). The highest BCUT2D eigenvalue weighted by Crippen LogP contribution is 2.05. The second-order valence-electron chi connectivity index (χ2n) is 4.86. The Hall–Kier alpha value is -1.99. The van der Waals surface area contributed by atoms with Crippen LogP contribution in [0.1, 0.15) is 18.4 Å². The third kappa shape index (κ3) is 5.33. The third-order valence-electron chi connectivity index (χ3n) is 3.26. The molecule has 1 aliphatic heterocycles. The van der Waals surface area contributed by atoms with Crippen molar-refractivity contribution in [1.82, 2.24) is 15.5 Å². The van der Waals surface area contributed by atoms with Gasteiger partial charge in [0.25, 0.3) is 0 Å². The number of rotatable bonds is 4. The fourth-order valence-corrected chi connectivity index (χ4v) is 2.14. The first-order valence-corrected chi connectivity index (χ1v) is 7.08. The second-order valence-corrected chi connectivity index (χ2v) is 4.86. The van der Waals surface area contributed by atoms with Crippen LogP contribution in [0, 0.1) is 11.8 Å². The molecular formula is C16H21N3O. The molecule has 1 saturated heterocycles. The monoisotopic (exact) mass is 271 g/mol. The standard InChI is InChI=1S/C16H21N3O/c20-16(18-14-15-8-2-1-3-9-15)17-10-4-5-11-19-12-6-7-13-19/h1-3,8-9H,6-7,10-14H2,(H2,17,18,20). The van der Waals surface area contributed by atoms with Crippen molar-refractivity contribution < 1.29 is 4.79 Å². The first-order valence-electron chi connectivity index (χ1n) is 7.08. The molecule has 4 heteroatoms. The van der Waals surface area contributed by atoms with E-state index in [9.17, 15) is 4.79 Å². The summed E-state index contributed by atoms with van der Waals surface area (Å²) in [6.07, 6.45) is 2.56. The lowest BCUT2D eigenvalue weighted by molar-refractivity contribution is 0.241. The second kappa shape index (κ2) is 8.23. The maximum absolute atomic E-state index is 11.5. The molecule has 20 heavy (non-hydrogen) atoms. The van der Waals surface area contributed by atoms with Crippen molar-refractivity contribution in [2.45, 2.75) is 19.4 Å². The average Bonchev–Trinajstić information content (AvgIpc) is 2.99. The predicted octanol–water partition coefficient (Wildman–Crippen LogP) is 1.58. The Morgan fingerprint density at radius 1 is 1.10 bits per heavy atom. The summed E-state index contributed by atoms with van der Waals surface area (Å²) in [5.41, 5.74) is 1.09. The van der Waals surface area contributed by atoms with Crippen LogP contribution in [0.25, 0.3) is 0 Å². The molecule has 0 bridgehead atoms. The van der Waals surface area contributed by atoms with Crippen molar-refractivity contribution in [3.8, 4) is 11.8 Å². The maximum atomic E-state index is 11.5. The largest absolute Gasteiger partial charge is 0.334 e. The summed E-state index contributed by atoms with van der Waals surface area (Å²) in [6.45, 7) is 4.05. The van der Waals surface area contributed by atoms with Crippen molar-refractivity contribution in [3.63, 3.8) is 0 Å². The zero-order valence-corrected chi connectivity index (χ0v) is 11.7. The molecule has 106 valence electrons. The highest BCUT2D eigenvalue weighted by atomic mass is 16.2. The molecule has 0 atom stereocenters. The zero-order valence-electron chi connectivity index (χ0n) is 11.7. The lowest BCUT2D eigenvalue weighted by Gasteiger charge is -2.08. The zero-order chi connectivity index (χ0) is 14.0. The van der Waals surface area contributed by atoms with Gasteiger partial charge >= 0.3 is 6.03 Å². The molecule has 0 radical (unpaired) electrons. The number of hydrogen-bond acceptors (Lipinski definition) is 2. The number of carbonyl (C=O) groups excluding carboxylic acids is 1. The Morgan fingerprint density at radius 2 is 1.85 bits per heavy atom. The number of carbonyl (C=O) groups is 1. The van der Waals surface area contributed by atoms with Crippen LogP contribution < -0.4 is 10.6 Å². The molecule has 0 aromatic heterocycles. The summed E-state index contributed by atoms with van der Waals surface area (Å²) in [7, 11) is 0. The van der Waals surface area contributed by atoms with E-state index in [0.29, 0.717) is 13.1 Å². The van der Waals surface area contributed by atoms with E-state index in [1.54, 1.807) is 0 Å². The van der Waals surface area contributed by atoms with Gasteiger partial charge in [-0.3, -0.25) is 4.90 Å². The van der Waals surface area contributed by atoms with Gasteiger partial charge in [0, 0.05) is 6.54 Å². The summed E-state index contributed by atoms with van der Waals surface area (Å²) in [4.78, 5) is 13.9. The summed E-state index contributed by atoms with van der Waals surface area (Å²) in [6, 6.07) is 9.66. The topological polar surface area (TPSA) is 44.4 Å². The molecule has 4 nitrogen and oxygen atoms in total. The molecule has 0 unspecified atom stereocenters. The van der Waals surface area contributed by atoms with Gasteiger partial charge < -0.3 is 10.6 Å². The molecule has 0 spiro atoms. The van der Waals surface area contributed by atoms with Crippen LogP contribution >= 0.6 is 0 Å². The Morgan fingerprint density at radius 3 is 2.60 bits per heavy atom. The number of urea groups is 1. The molecular weight excluding hydrogens is 250 g/mol. The van der Waals surface area contributed by atoms with Gasteiger partial charge in [0.1, 0.15) is 0 Å². The molecule has 1 aromatic rings. The van der Waals surface area contributed by atoms with E-state index < -0.39 is 0 Å². The molecule has 1 heterocycles. The van der Waals surface area contributed by atoms with E-state index in [1.807, 2.05) is 30.3 Å². The Kier molecular flexibility index (Phi) is 5.94. The molecule has 1 aromatic carbocycles. The number of nitrogens with one attached hydrogen (secondary N) is 2. The minimum Gasteiger partial charge on any atom is -0.334 e. The van der Waals surface area contributed by atoms with Gasteiger partial charge in [0.05, 0.1) is 13.1 Å². The highest BCUT2D eigenvalue weighted by Gasteiger charge is 2.08. The van der Waals surface area contributed by atoms with Crippen LogP contribution in [0.2, 0.25) is 0 Å². The summed E-state index contributed by atoms with van der Waals surface area (Å²) >= 11 is 0. The smallest absolute Gasteiger partial charge is 0.315 e. The molecule has 2 amide bonds. The van der Waals surface area contributed by atoms with Crippen LogP contribution in [-0.4, -0.2) is 37.1 Å². The SMILES string of the molecule is O=C(NCC#CCN1CCCC1)NCc1ccccc1. The molecule has 1 aliphatic rings. The lowest BCUT2D eigenvalue weighted by Crippen LogP contribution is -2.35. The molecule has 0 saturated carbocycles. The van der Waals surface area contributed by atoms with Gasteiger partial charge in [-0.05, 0) is 31.5 Å². The van der Waals surface area contributed by atoms with Gasteiger partial charge in [0.2, 0.25) is 0 Å². The molecule has 2 N–H and O–H groups in total. The quantitative estimate of drug-likeness (QED) is 0.817. The fraction of sp³-hybridized carbons (Fsp3) is 0.438. The number of hydrogen-bond donors (Lipinski definition) is 2.